The molecule has 4 nitrogen and oxygen atoms in total. The summed E-state index contributed by atoms with van der Waals surface area (Å²) >= 11 is 0. The Morgan fingerprint density at radius 1 is 1.19 bits per heavy atom. The number of rotatable bonds is 5. The minimum Gasteiger partial charge on any atom is -0.385 e. The van der Waals surface area contributed by atoms with Crippen molar-refractivity contribution in [2.45, 2.75) is 19.8 Å². The highest BCUT2D eigenvalue weighted by Gasteiger charge is 1.97. The molecule has 0 radical (unpaired) electrons. The van der Waals surface area contributed by atoms with Crippen molar-refractivity contribution in [1.82, 2.24) is 5.32 Å². The molecule has 2 amide bonds. The van der Waals surface area contributed by atoms with Crippen molar-refractivity contribution >= 4 is 17.4 Å². The maximum atomic E-state index is 11.0. The van der Waals surface area contributed by atoms with Crippen LogP contribution in [-0.4, -0.2) is 19.6 Å². The third kappa shape index (κ3) is 4.21. The highest BCUT2D eigenvalue weighted by atomic mass is 16.2. The molecule has 0 saturated heterocycles. The Morgan fingerprint density at radius 2 is 1.81 bits per heavy atom. The summed E-state index contributed by atoms with van der Waals surface area (Å²) < 4.78 is 0. The second-order valence-electron chi connectivity index (χ2n) is 3.56. The summed E-state index contributed by atoms with van der Waals surface area (Å²) in [7, 11) is 1.59. The second-order valence-corrected chi connectivity index (χ2v) is 3.56. The molecule has 0 aliphatic carbocycles. The van der Waals surface area contributed by atoms with E-state index in [1.807, 2.05) is 24.3 Å². The van der Waals surface area contributed by atoms with Crippen molar-refractivity contribution in [3.05, 3.63) is 24.3 Å². The van der Waals surface area contributed by atoms with Crippen molar-refractivity contribution < 1.29 is 4.79 Å². The predicted octanol–water partition coefficient (Wildman–Crippen LogP) is 2.65. The molecule has 16 heavy (non-hydrogen) atoms. The van der Waals surface area contributed by atoms with Gasteiger partial charge in [0.2, 0.25) is 0 Å². The molecule has 0 atom stereocenters. The maximum Gasteiger partial charge on any atom is 0.318 e. The van der Waals surface area contributed by atoms with Crippen LogP contribution in [0.3, 0.4) is 0 Å². The maximum absolute atomic E-state index is 11.0. The van der Waals surface area contributed by atoms with Gasteiger partial charge in [-0.3, -0.25) is 0 Å². The number of anilines is 2. The largest absolute Gasteiger partial charge is 0.385 e. The molecule has 0 spiro atoms. The van der Waals surface area contributed by atoms with Gasteiger partial charge in [0.05, 0.1) is 0 Å². The average molecular weight is 221 g/mol. The smallest absolute Gasteiger partial charge is 0.318 e. The summed E-state index contributed by atoms with van der Waals surface area (Å²) in [4.78, 5) is 11.0. The first-order valence-corrected chi connectivity index (χ1v) is 5.59. The summed E-state index contributed by atoms with van der Waals surface area (Å²) in [5, 5.41) is 8.52. The molecular weight excluding hydrogens is 202 g/mol. The van der Waals surface area contributed by atoms with E-state index in [1.54, 1.807) is 7.05 Å². The molecule has 4 heteroatoms. The van der Waals surface area contributed by atoms with E-state index in [4.69, 9.17) is 0 Å². The van der Waals surface area contributed by atoms with Crippen LogP contribution in [0.15, 0.2) is 24.3 Å². The lowest BCUT2D eigenvalue weighted by Gasteiger charge is -2.07. The van der Waals surface area contributed by atoms with Crippen molar-refractivity contribution in [3.8, 4) is 0 Å². The molecule has 0 unspecified atom stereocenters. The standard InChI is InChI=1S/C12H19N3O/c1-3-4-9-14-10-5-7-11(8-6-10)15-12(16)13-2/h5-8,14H,3-4,9H2,1-2H3,(H2,13,15,16). The third-order valence-corrected chi connectivity index (χ3v) is 2.23. The Balaban J connectivity index is 2.44. The molecule has 0 aromatic heterocycles. The van der Waals surface area contributed by atoms with Crippen LogP contribution in [0, 0.1) is 0 Å². The molecular formula is C12H19N3O. The van der Waals surface area contributed by atoms with E-state index in [2.05, 4.69) is 22.9 Å². The van der Waals surface area contributed by atoms with Gasteiger partial charge >= 0.3 is 6.03 Å². The predicted molar refractivity (Wildman–Crippen MR) is 67.9 cm³/mol. The molecule has 88 valence electrons. The van der Waals surface area contributed by atoms with Gasteiger partial charge in [0.1, 0.15) is 0 Å². The van der Waals surface area contributed by atoms with Crippen LogP contribution < -0.4 is 16.0 Å². The lowest BCUT2D eigenvalue weighted by Crippen LogP contribution is -2.24. The molecule has 0 saturated carbocycles. The highest BCUT2D eigenvalue weighted by molar-refractivity contribution is 5.89. The highest BCUT2D eigenvalue weighted by Crippen LogP contribution is 2.13. The normalized spacial score (nSPS) is 9.62. The van der Waals surface area contributed by atoms with Crippen LogP contribution in [0.4, 0.5) is 16.2 Å². The Bertz CT molecular complexity index is 322. The van der Waals surface area contributed by atoms with Gasteiger partial charge in [-0.15, -0.1) is 0 Å². The number of urea groups is 1. The van der Waals surface area contributed by atoms with E-state index in [-0.39, 0.29) is 6.03 Å². The van der Waals surface area contributed by atoms with E-state index in [0.717, 1.165) is 24.3 Å². The van der Waals surface area contributed by atoms with E-state index in [1.165, 1.54) is 6.42 Å². The van der Waals surface area contributed by atoms with Gasteiger partial charge in [0, 0.05) is 25.0 Å². The van der Waals surface area contributed by atoms with Gasteiger partial charge in [-0.2, -0.15) is 0 Å². The fourth-order valence-electron chi connectivity index (χ4n) is 1.27. The van der Waals surface area contributed by atoms with Crippen LogP contribution in [0.1, 0.15) is 19.8 Å². The number of carbonyl (C=O) groups is 1. The first-order valence-electron chi connectivity index (χ1n) is 5.59. The van der Waals surface area contributed by atoms with Crippen LogP contribution in [0.25, 0.3) is 0 Å². The monoisotopic (exact) mass is 221 g/mol. The number of carbonyl (C=O) groups excluding carboxylic acids is 1. The van der Waals surface area contributed by atoms with Crippen LogP contribution in [0.2, 0.25) is 0 Å². The molecule has 3 N–H and O–H groups in total. The molecule has 0 fully saturated rings. The molecule has 1 aromatic carbocycles. The minimum atomic E-state index is -0.202. The Hall–Kier alpha value is -1.71. The fourth-order valence-corrected chi connectivity index (χ4v) is 1.27. The molecule has 0 heterocycles. The van der Waals surface area contributed by atoms with Crippen LogP contribution in [0.5, 0.6) is 0 Å². The SMILES string of the molecule is CCCCNc1ccc(NC(=O)NC)cc1. The van der Waals surface area contributed by atoms with Crippen molar-refractivity contribution in [3.63, 3.8) is 0 Å². The van der Waals surface area contributed by atoms with Gasteiger partial charge in [-0.25, -0.2) is 4.79 Å². The lowest BCUT2D eigenvalue weighted by atomic mass is 10.2. The molecule has 0 aliphatic heterocycles. The fraction of sp³-hybridized carbons (Fsp3) is 0.417. The number of hydrogen-bond donors (Lipinski definition) is 3. The molecule has 0 aliphatic rings. The van der Waals surface area contributed by atoms with E-state index < -0.39 is 0 Å². The Kier molecular flexibility index (Phi) is 5.19. The molecule has 1 rings (SSSR count). The zero-order valence-corrected chi connectivity index (χ0v) is 9.84. The summed E-state index contributed by atoms with van der Waals surface area (Å²) in [5.74, 6) is 0. The zero-order valence-electron chi connectivity index (χ0n) is 9.84. The third-order valence-electron chi connectivity index (χ3n) is 2.23. The summed E-state index contributed by atoms with van der Waals surface area (Å²) in [6, 6.07) is 7.47. The van der Waals surface area contributed by atoms with Crippen molar-refractivity contribution in [1.29, 1.82) is 0 Å². The van der Waals surface area contributed by atoms with Crippen LogP contribution in [-0.2, 0) is 0 Å². The van der Waals surface area contributed by atoms with Crippen LogP contribution >= 0.6 is 0 Å². The van der Waals surface area contributed by atoms with E-state index in [9.17, 15) is 4.79 Å². The molecule has 0 bridgehead atoms. The molecule has 1 aromatic rings. The van der Waals surface area contributed by atoms with Crippen molar-refractivity contribution in [2.24, 2.45) is 0 Å². The second kappa shape index (κ2) is 6.71. The number of amides is 2. The lowest BCUT2D eigenvalue weighted by molar-refractivity contribution is 0.254. The number of nitrogens with one attached hydrogen (secondary N) is 3. The summed E-state index contributed by atoms with van der Waals surface area (Å²) in [6.07, 6.45) is 2.35. The number of benzene rings is 1. The Morgan fingerprint density at radius 3 is 2.38 bits per heavy atom. The van der Waals surface area contributed by atoms with E-state index in [0.29, 0.717) is 0 Å². The Labute approximate surface area is 96.4 Å². The topological polar surface area (TPSA) is 53.2 Å². The number of hydrogen-bond acceptors (Lipinski definition) is 2. The minimum absolute atomic E-state index is 0.202. The summed E-state index contributed by atoms with van der Waals surface area (Å²) in [6.45, 7) is 3.15. The van der Waals surface area contributed by atoms with Gasteiger partial charge in [0.15, 0.2) is 0 Å². The van der Waals surface area contributed by atoms with Gasteiger partial charge in [-0.1, -0.05) is 13.3 Å². The average Bonchev–Trinajstić information content (AvgIpc) is 2.31. The quantitative estimate of drug-likeness (QED) is 0.669. The van der Waals surface area contributed by atoms with Gasteiger partial charge < -0.3 is 16.0 Å². The van der Waals surface area contributed by atoms with Gasteiger partial charge in [-0.05, 0) is 30.7 Å². The first-order chi connectivity index (χ1) is 7.76. The zero-order chi connectivity index (χ0) is 11.8. The first kappa shape index (κ1) is 12.4. The van der Waals surface area contributed by atoms with E-state index >= 15 is 0 Å². The van der Waals surface area contributed by atoms with Crippen molar-refractivity contribution in [2.75, 3.05) is 24.2 Å². The van der Waals surface area contributed by atoms with Gasteiger partial charge in [0.25, 0.3) is 0 Å². The number of unbranched alkanes of at least 4 members (excludes halogenated alkanes) is 1. The summed E-state index contributed by atoms with van der Waals surface area (Å²) in [5.41, 5.74) is 1.87.